The Kier molecular flexibility index (Phi) is 2.53. The molecule has 0 fully saturated rings. The van der Waals surface area contributed by atoms with Gasteiger partial charge in [-0.1, -0.05) is 6.07 Å². The second kappa shape index (κ2) is 3.84. The van der Waals surface area contributed by atoms with E-state index in [4.69, 9.17) is 4.74 Å². The van der Waals surface area contributed by atoms with E-state index in [-0.39, 0.29) is 0 Å². The van der Waals surface area contributed by atoms with Crippen molar-refractivity contribution in [3.05, 3.63) is 18.2 Å². The summed E-state index contributed by atoms with van der Waals surface area (Å²) in [4.78, 5) is 3.74. The van der Waals surface area contributed by atoms with E-state index >= 15 is 0 Å². The first-order valence-corrected chi connectivity index (χ1v) is 4.56. The quantitative estimate of drug-likeness (QED) is 0.756. The number of amidine groups is 1. The molecule has 0 atom stereocenters. The third kappa shape index (κ3) is 1.77. The molecule has 79 valence electrons. The number of nitrogens with zero attached hydrogens (tertiary/aromatic N) is 2. The number of fused-ring (bicyclic) bond motifs is 1. The summed E-state index contributed by atoms with van der Waals surface area (Å²) in [6, 6.07) is 5.03. The second-order valence-corrected chi connectivity index (χ2v) is 2.94. The number of ether oxygens (including phenoxy) is 1. The average Bonchev–Trinajstić information content (AvgIpc) is 2.63. The lowest BCUT2D eigenvalue weighted by Gasteiger charge is -2.05. The van der Waals surface area contributed by atoms with Gasteiger partial charge < -0.3 is 4.74 Å². The van der Waals surface area contributed by atoms with Crippen LogP contribution in [0.25, 0.3) is 0 Å². The van der Waals surface area contributed by atoms with Gasteiger partial charge in [0, 0.05) is 0 Å². The van der Waals surface area contributed by atoms with E-state index < -0.39 is 12.3 Å². The van der Waals surface area contributed by atoms with Crippen molar-refractivity contribution >= 4 is 17.2 Å². The Morgan fingerprint density at radius 1 is 1.40 bits per heavy atom. The van der Waals surface area contributed by atoms with E-state index in [2.05, 4.69) is 10.3 Å². The molecule has 0 N–H and O–H groups in total. The van der Waals surface area contributed by atoms with E-state index in [1.807, 2.05) is 6.92 Å². The molecule has 1 aromatic rings. The van der Waals surface area contributed by atoms with Crippen molar-refractivity contribution in [2.45, 2.75) is 13.3 Å². The van der Waals surface area contributed by atoms with Gasteiger partial charge in [-0.25, -0.2) is 19.1 Å². The molecule has 0 aromatic heterocycles. The molecule has 0 saturated heterocycles. The zero-order valence-corrected chi connectivity index (χ0v) is 8.08. The molecule has 15 heavy (non-hydrogen) atoms. The van der Waals surface area contributed by atoms with Crippen LogP contribution in [0.4, 0.5) is 20.2 Å². The number of hydrogen-bond donors (Lipinski definition) is 0. The Balaban J connectivity index is 2.36. The minimum Gasteiger partial charge on any atom is -0.492 e. The lowest BCUT2D eigenvalue weighted by atomic mass is 10.2. The number of halogens is 2. The van der Waals surface area contributed by atoms with Crippen LogP contribution in [0.3, 0.4) is 0 Å². The third-order valence-corrected chi connectivity index (χ3v) is 1.93. The normalized spacial score (nSPS) is 13.5. The summed E-state index contributed by atoms with van der Waals surface area (Å²) in [5.41, 5.74) is 0.839. The van der Waals surface area contributed by atoms with Crippen molar-refractivity contribution in [3.63, 3.8) is 0 Å². The van der Waals surface area contributed by atoms with Gasteiger partial charge in [-0.3, -0.25) is 0 Å². The molecule has 0 saturated carbocycles. The van der Waals surface area contributed by atoms with Gasteiger partial charge in [0.1, 0.15) is 11.4 Å². The van der Waals surface area contributed by atoms with Crippen molar-refractivity contribution in [3.8, 4) is 5.75 Å². The van der Waals surface area contributed by atoms with Crippen molar-refractivity contribution in [1.29, 1.82) is 0 Å². The van der Waals surface area contributed by atoms with Gasteiger partial charge in [-0.2, -0.15) is 0 Å². The Morgan fingerprint density at radius 2 is 2.20 bits per heavy atom. The molecule has 0 bridgehead atoms. The first-order valence-electron chi connectivity index (χ1n) is 4.56. The zero-order valence-electron chi connectivity index (χ0n) is 8.08. The Bertz CT molecular complexity index is 404. The second-order valence-electron chi connectivity index (χ2n) is 2.94. The fourth-order valence-electron chi connectivity index (χ4n) is 1.35. The summed E-state index contributed by atoms with van der Waals surface area (Å²) in [5, 5.41) is 3.71. The maximum atomic E-state index is 12.4. The number of rotatable bonds is 3. The maximum absolute atomic E-state index is 12.4. The average molecular weight is 211 g/mol. The summed E-state index contributed by atoms with van der Waals surface area (Å²) in [5.74, 6) is 0.0477. The van der Waals surface area contributed by atoms with Crippen LogP contribution in [0.2, 0.25) is 0 Å². The highest BCUT2D eigenvalue weighted by Gasteiger charge is 2.25. The molecular formula is C10H9F2N2O. The monoisotopic (exact) mass is 211 g/mol. The van der Waals surface area contributed by atoms with Crippen LogP contribution >= 0.6 is 0 Å². The first kappa shape index (κ1) is 9.89. The number of hydrogen-bond acceptors (Lipinski definition) is 2. The molecule has 5 heteroatoms. The molecule has 0 spiro atoms. The van der Waals surface area contributed by atoms with Crippen LogP contribution in [0, 0.1) is 0 Å². The van der Waals surface area contributed by atoms with Crippen LogP contribution in [-0.4, -0.2) is 18.9 Å². The predicted octanol–water partition coefficient (Wildman–Crippen LogP) is 2.63. The molecule has 3 nitrogen and oxygen atoms in total. The fourth-order valence-corrected chi connectivity index (χ4v) is 1.35. The summed E-state index contributed by atoms with van der Waals surface area (Å²) < 4.78 is 30.0. The summed E-state index contributed by atoms with van der Waals surface area (Å²) in [7, 11) is 0. The van der Waals surface area contributed by atoms with Crippen molar-refractivity contribution in [2.75, 3.05) is 6.61 Å². The van der Waals surface area contributed by atoms with Crippen LogP contribution in [-0.2, 0) is 0 Å². The lowest BCUT2D eigenvalue weighted by Crippen LogP contribution is -2.15. The van der Waals surface area contributed by atoms with Crippen LogP contribution in [0.15, 0.2) is 23.2 Å². The SMILES string of the molecule is CCOc1cccc2c1N=C(C(F)F)[N]2. The predicted molar refractivity (Wildman–Crippen MR) is 52.5 cm³/mol. The van der Waals surface area contributed by atoms with Gasteiger partial charge in [0.15, 0.2) is 5.84 Å². The van der Waals surface area contributed by atoms with E-state index in [9.17, 15) is 8.78 Å². The molecule has 1 aliphatic rings. The molecule has 0 amide bonds. The lowest BCUT2D eigenvalue weighted by molar-refractivity contribution is 0.222. The summed E-state index contributed by atoms with van der Waals surface area (Å²) in [6.45, 7) is 2.29. The van der Waals surface area contributed by atoms with Crippen molar-refractivity contribution in [2.24, 2.45) is 4.99 Å². The zero-order chi connectivity index (χ0) is 10.8. The third-order valence-electron chi connectivity index (χ3n) is 1.93. The van der Waals surface area contributed by atoms with E-state index in [1.54, 1.807) is 18.2 Å². The first-order chi connectivity index (χ1) is 7.22. The van der Waals surface area contributed by atoms with Crippen molar-refractivity contribution < 1.29 is 13.5 Å². The van der Waals surface area contributed by atoms with E-state index in [0.717, 1.165) is 0 Å². The molecular weight excluding hydrogens is 202 g/mol. The molecule has 1 heterocycles. The number of benzene rings is 1. The topological polar surface area (TPSA) is 35.7 Å². The van der Waals surface area contributed by atoms with Crippen LogP contribution in [0.5, 0.6) is 5.75 Å². The maximum Gasteiger partial charge on any atom is 0.297 e. The Hall–Kier alpha value is -1.65. The van der Waals surface area contributed by atoms with Crippen LogP contribution < -0.4 is 10.1 Å². The minimum atomic E-state index is -2.65. The molecule has 1 aromatic carbocycles. The highest BCUT2D eigenvalue weighted by atomic mass is 19.3. The van der Waals surface area contributed by atoms with E-state index in [1.165, 1.54) is 0 Å². The standard InChI is InChI=1S/C10H9F2N2O/c1-2-15-7-5-3-4-6-8(7)14-10(13-6)9(11)12/h3-5,9H,2H2,1H3. The highest BCUT2D eigenvalue weighted by Crippen LogP contribution is 2.39. The summed E-state index contributed by atoms with van der Waals surface area (Å²) >= 11 is 0. The Labute approximate surface area is 85.8 Å². The number of para-hydroxylation sites is 1. The molecule has 0 aliphatic carbocycles. The smallest absolute Gasteiger partial charge is 0.297 e. The van der Waals surface area contributed by atoms with Crippen LogP contribution in [0.1, 0.15) is 6.92 Å². The molecule has 1 aliphatic heterocycles. The number of alkyl halides is 2. The van der Waals surface area contributed by atoms with Gasteiger partial charge >= 0.3 is 0 Å². The summed E-state index contributed by atoms with van der Waals surface area (Å²) in [6.07, 6.45) is -2.65. The van der Waals surface area contributed by atoms with Gasteiger partial charge in [0.25, 0.3) is 6.43 Å². The van der Waals surface area contributed by atoms with Gasteiger partial charge in [0.05, 0.1) is 12.3 Å². The van der Waals surface area contributed by atoms with Gasteiger partial charge in [0.2, 0.25) is 0 Å². The minimum absolute atomic E-state index is 0.398. The van der Waals surface area contributed by atoms with Crippen molar-refractivity contribution in [1.82, 2.24) is 5.32 Å². The highest BCUT2D eigenvalue weighted by molar-refractivity contribution is 5.99. The largest absolute Gasteiger partial charge is 0.492 e. The van der Waals surface area contributed by atoms with Gasteiger partial charge in [-0.15, -0.1) is 0 Å². The molecule has 1 radical (unpaired) electrons. The van der Waals surface area contributed by atoms with E-state index in [0.29, 0.717) is 23.7 Å². The number of aliphatic imine (C=N–C) groups is 1. The Morgan fingerprint density at radius 3 is 2.87 bits per heavy atom. The van der Waals surface area contributed by atoms with Gasteiger partial charge in [-0.05, 0) is 19.1 Å². The molecule has 0 unspecified atom stereocenters. The fraction of sp³-hybridized carbons (Fsp3) is 0.300. The molecule has 2 rings (SSSR count).